The van der Waals surface area contributed by atoms with Crippen LogP contribution in [0.1, 0.15) is 108 Å². The summed E-state index contributed by atoms with van der Waals surface area (Å²) in [5, 5.41) is 0.683. The van der Waals surface area contributed by atoms with Crippen LogP contribution in [0.25, 0.3) is 11.1 Å². The summed E-state index contributed by atoms with van der Waals surface area (Å²) >= 11 is 5.98. The molecule has 2 saturated carbocycles. The maximum absolute atomic E-state index is 14.9. The normalized spacial score (nSPS) is 25.8. The number of benzene rings is 2. The second-order valence-corrected chi connectivity index (χ2v) is 11.4. The number of hydrogen-bond donors (Lipinski definition) is 0. The third-order valence-corrected chi connectivity index (χ3v) is 8.88. The summed E-state index contributed by atoms with van der Waals surface area (Å²) in [5.41, 5.74) is 2.75. The quantitative estimate of drug-likeness (QED) is 0.321. The Morgan fingerprint density at radius 3 is 1.88 bits per heavy atom. The van der Waals surface area contributed by atoms with E-state index in [9.17, 15) is 4.39 Å². The molecular weight excluding hydrogens is 427 g/mol. The van der Waals surface area contributed by atoms with E-state index in [4.69, 9.17) is 11.6 Å². The molecule has 2 aromatic carbocycles. The van der Waals surface area contributed by atoms with Crippen molar-refractivity contribution in [3.05, 3.63) is 58.9 Å². The van der Waals surface area contributed by atoms with E-state index in [0.29, 0.717) is 16.5 Å². The van der Waals surface area contributed by atoms with Gasteiger partial charge in [-0.05, 0) is 78.7 Å². The van der Waals surface area contributed by atoms with Crippen LogP contribution in [0.2, 0.25) is 5.02 Å². The predicted molar refractivity (Wildman–Crippen MR) is 140 cm³/mol. The Morgan fingerprint density at radius 1 is 0.727 bits per heavy atom. The smallest absolute Gasteiger partial charge is 0.131 e. The molecule has 0 spiro atoms. The van der Waals surface area contributed by atoms with Gasteiger partial charge in [-0.2, -0.15) is 0 Å². The standard InChI is InChI=1S/C31H42ClF/c1-2-3-4-5-23-6-8-24(9-7-23)10-11-25-12-14-26(15-13-25)28-18-21-30(31(33)22-28)27-16-19-29(32)20-17-27/h16-26H,2-15H2,1H3/t23-,24-,25-,26-. The Labute approximate surface area is 206 Å². The minimum absolute atomic E-state index is 0.109. The van der Waals surface area contributed by atoms with Crippen LogP contribution in [0.15, 0.2) is 42.5 Å². The molecule has 0 radical (unpaired) electrons. The highest BCUT2D eigenvalue weighted by atomic mass is 35.5. The number of halogens is 2. The average Bonchev–Trinajstić information content (AvgIpc) is 2.85. The molecule has 0 N–H and O–H groups in total. The Bertz CT molecular complexity index is 842. The van der Waals surface area contributed by atoms with E-state index in [-0.39, 0.29) is 5.82 Å². The Hall–Kier alpha value is -1.34. The van der Waals surface area contributed by atoms with Gasteiger partial charge in [0.25, 0.3) is 0 Å². The zero-order valence-electron chi connectivity index (χ0n) is 20.5. The van der Waals surface area contributed by atoms with Gasteiger partial charge in [-0.15, -0.1) is 0 Å². The molecule has 0 amide bonds. The van der Waals surface area contributed by atoms with Crippen LogP contribution in [-0.4, -0.2) is 0 Å². The van der Waals surface area contributed by atoms with Gasteiger partial charge in [0.1, 0.15) is 5.82 Å². The van der Waals surface area contributed by atoms with Crippen LogP contribution < -0.4 is 0 Å². The van der Waals surface area contributed by atoms with Crippen molar-refractivity contribution in [2.75, 3.05) is 0 Å². The van der Waals surface area contributed by atoms with Crippen LogP contribution in [-0.2, 0) is 0 Å². The highest BCUT2D eigenvalue weighted by Gasteiger charge is 2.25. The van der Waals surface area contributed by atoms with Gasteiger partial charge in [-0.1, -0.05) is 107 Å². The highest BCUT2D eigenvalue weighted by Crippen LogP contribution is 2.41. The Balaban J connectivity index is 1.19. The van der Waals surface area contributed by atoms with Crippen molar-refractivity contribution >= 4 is 11.6 Å². The molecule has 0 unspecified atom stereocenters. The molecule has 0 nitrogen and oxygen atoms in total. The molecule has 2 fully saturated rings. The summed E-state index contributed by atoms with van der Waals surface area (Å²) in [7, 11) is 0. The summed E-state index contributed by atoms with van der Waals surface area (Å²) in [4.78, 5) is 0. The molecule has 0 heterocycles. The van der Waals surface area contributed by atoms with Gasteiger partial charge in [-0.3, -0.25) is 0 Å². The largest absolute Gasteiger partial charge is 0.206 e. The van der Waals surface area contributed by atoms with Gasteiger partial charge in [0, 0.05) is 10.6 Å². The maximum Gasteiger partial charge on any atom is 0.131 e. The lowest BCUT2D eigenvalue weighted by Gasteiger charge is -2.32. The van der Waals surface area contributed by atoms with Crippen molar-refractivity contribution in [3.63, 3.8) is 0 Å². The SMILES string of the molecule is CCCCC[C@H]1CC[C@H](CC[C@H]2CC[C@H](c3ccc(-c4ccc(Cl)cc4)c(F)c3)CC2)CC1. The molecule has 0 bridgehead atoms. The van der Waals surface area contributed by atoms with Crippen molar-refractivity contribution in [2.24, 2.45) is 17.8 Å². The molecule has 2 aliphatic rings. The molecule has 0 aliphatic heterocycles. The fraction of sp³-hybridized carbons (Fsp3) is 0.613. The number of unbranched alkanes of at least 4 members (excludes halogenated alkanes) is 2. The van der Waals surface area contributed by atoms with Crippen molar-refractivity contribution in [1.29, 1.82) is 0 Å². The summed E-state index contributed by atoms with van der Waals surface area (Å²) < 4.78 is 14.9. The molecule has 2 heteroatoms. The Morgan fingerprint density at radius 2 is 1.30 bits per heavy atom. The van der Waals surface area contributed by atoms with Crippen molar-refractivity contribution < 1.29 is 4.39 Å². The molecule has 0 saturated heterocycles. The van der Waals surface area contributed by atoms with Crippen molar-refractivity contribution in [2.45, 2.75) is 103 Å². The third kappa shape index (κ3) is 7.08. The molecule has 0 atom stereocenters. The van der Waals surface area contributed by atoms with Gasteiger partial charge in [-0.25, -0.2) is 4.39 Å². The zero-order chi connectivity index (χ0) is 23.0. The fourth-order valence-corrected chi connectivity index (χ4v) is 6.52. The second-order valence-electron chi connectivity index (χ2n) is 10.9. The molecule has 4 rings (SSSR count). The van der Waals surface area contributed by atoms with E-state index in [2.05, 4.69) is 13.0 Å². The van der Waals surface area contributed by atoms with Gasteiger partial charge >= 0.3 is 0 Å². The van der Waals surface area contributed by atoms with Crippen LogP contribution in [0.3, 0.4) is 0 Å². The minimum atomic E-state index is -0.109. The first-order valence-corrected chi connectivity index (χ1v) is 14.1. The Kier molecular flexibility index (Phi) is 9.30. The predicted octanol–water partition coefficient (Wildman–Crippen LogP) is 10.6. The topological polar surface area (TPSA) is 0 Å². The van der Waals surface area contributed by atoms with Crippen molar-refractivity contribution in [1.82, 2.24) is 0 Å². The summed E-state index contributed by atoms with van der Waals surface area (Å²) in [6.07, 6.45) is 19.5. The monoisotopic (exact) mass is 468 g/mol. The van der Waals surface area contributed by atoms with Crippen LogP contribution in [0, 0.1) is 23.6 Å². The highest BCUT2D eigenvalue weighted by molar-refractivity contribution is 6.30. The van der Waals surface area contributed by atoms with Gasteiger partial charge in [0.15, 0.2) is 0 Å². The molecule has 2 aromatic rings. The molecule has 0 aromatic heterocycles. The second kappa shape index (κ2) is 12.4. The van der Waals surface area contributed by atoms with Crippen LogP contribution in [0.5, 0.6) is 0 Å². The van der Waals surface area contributed by atoms with Gasteiger partial charge in [0.2, 0.25) is 0 Å². The first-order valence-electron chi connectivity index (χ1n) is 13.7. The summed E-state index contributed by atoms with van der Waals surface area (Å²) in [5.74, 6) is 3.31. The number of rotatable bonds is 9. The first kappa shape index (κ1) is 24.8. The average molecular weight is 469 g/mol. The van der Waals surface area contributed by atoms with E-state index >= 15 is 0 Å². The van der Waals surface area contributed by atoms with Crippen LogP contribution >= 0.6 is 11.6 Å². The maximum atomic E-state index is 14.9. The molecule has 2 aliphatic carbocycles. The van der Waals surface area contributed by atoms with Gasteiger partial charge < -0.3 is 0 Å². The van der Waals surface area contributed by atoms with E-state index in [1.807, 2.05) is 30.3 Å². The van der Waals surface area contributed by atoms with Gasteiger partial charge in [0.05, 0.1) is 0 Å². The minimum Gasteiger partial charge on any atom is -0.206 e. The third-order valence-electron chi connectivity index (χ3n) is 8.63. The lowest BCUT2D eigenvalue weighted by Crippen LogP contribution is -2.18. The molecule has 33 heavy (non-hydrogen) atoms. The lowest BCUT2D eigenvalue weighted by atomic mass is 9.74. The molecular formula is C31H42ClF. The van der Waals surface area contributed by atoms with E-state index < -0.39 is 0 Å². The zero-order valence-corrected chi connectivity index (χ0v) is 21.3. The lowest BCUT2D eigenvalue weighted by molar-refractivity contribution is 0.222. The van der Waals surface area contributed by atoms with E-state index in [0.717, 1.165) is 23.3 Å². The van der Waals surface area contributed by atoms with Crippen LogP contribution in [0.4, 0.5) is 4.39 Å². The molecule has 180 valence electrons. The first-order chi connectivity index (χ1) is 16.1. The summed E-state index contributed by atoms with van der Waals surface area (Å²) in [6, 6.07) is 13.3. The van der Waals surface area contributed by atoms with Crippen molar-refractivity contribution in [3.8, 4) is 11.1 Å². The van der Waals surface area contributed by atoms with E-state index in [1.165, 1.54) is 95.5 Å². The van der Waals surface area contributed by atoms with E-state index in [1.54, 1.807) is 6.07 Å². The number of hydrogen-bond acceptors (Lipinski definition) is 0. The summed E-state index contributed by atoms with van der Waals surface area (Å²) in [6.45, 7) is 2.31. The fourth-order valence-electron chi connectivity index (χ4n) is 6.40.